The number of ether oxygens (including phenoxy) is 1. The molecule has 0 amide bonds. The number of hydrogen-bond donors (Lipinski definition) is 2. The van der Waals surface area contributed by atoms with Gasteiger partial charge in [0.1, 0.15) is 11.4 Å². The van der Waals surface area contributed by atoms with Crippen LogP contribution in [0.3, 0.4) is 0 Å². The quantitative estimate of drug-likeness (QED) is 0.599. The summed E-state index contributed by atoms with van der Waals surface area (Å²) in [6.45, 7) is 0.366. The van der Waals surface area contributed by atoms with Crippen molar-refractivity contribution in [3.63, 3.8) is 0 Å². The van der Waals surface area contributed by atoms with Crippen LogP contribution in [0.5, 0.6) is 5.75 Å². The van der Waals surface area contributed by atoms with Crippen LogP contribution in [0.2, 0.25) is 0 Å². The van der Waals surface area contributed by atoms with Gasteiger partial charge in [-0.05, 0) is 29.8 Å². The first-order valence-corrected chi connectivity index (χ1v) is 7.75. The molecule has 0 fully saturated rings. The highest BCUT2D eigenvalue weighted by atomic mass is 19.1. The number of hydrogen-bond acceptors (Lipinski definition) is 4. The molecule has 2 aromatic carbocycles. The van der Waals surface area contributed by atoms with Gasteiger partial charge in [0.05, 0.1) is 24.7 Å². The maximum atomic E-state index is 14.6. The molecule has 25 heavy (non-hydrogen) atoms. The van der Waals surface area contributed by atoms with Gasteiger partial charge in [0.2, 0.25) is 0 Å². The van der Waals surface area contributed by atoms with Crippen molar-refractivity contribution in [3.8, 4) is 17.3 Å². The fourth-order valence-electron chi connectivity index (χ4n) is 2.77. The summed E-state index contributed by atoms with van der Waals surface area (Å²) in [6, 6.07) is 15.0. The summed E-state index contributed by atoms with van der Waals surface area (Å²) in [5, 5.41) is 4.12. The third-order valence-corrected chi connectivity index (χ3v) is 4.02. The number of H-pyrrole nitrogens is 1. The van der Waals surface area contributed by atoms with Crippen molar-refractivity contribution in [3.05, 3.63) is 59.9 Å². The number of nitrogen functional groups attached to an aromatic ring is 1. The Kier molecular flexibility index (Phi) is 3.61. The number of nitrogens with two attached hydrogens (primary N) is 1. The largest absolute Gasteiger partial charge is 0.497 e. The smallest absolute Gasteiger partial charge is 0.195 e. The van der Waals surface area contributed by atoms with E-state index in [1.165, 1.54) is 4.68 Å². The number of aromatic nitrogens is 4. The fourth-order valence-corrected chi connectivity index (χ4v) is 2.77. The molecule has 7 heteroatoms. The lowest BCUT2D eigenvalue weighted by atomic mass is 10.2. The standard InChI is InChI=1S/C18H16FN5O/c1-25-12-8-6-11(7-9-12)10-24-16(15(19)17(20)23-24)18-21-13-4-2-3-5-14(13)22-18/h2-9H,10H2,1H3,(H2,20,23)(H,21,22). The summed E-state index contributed by atoms with van der Waals surface area (Å²) in [5.41, 5.74) is 8.47. The number of halogens is 1. The molecule has 2 heterocycles. The normalized spacial score (nSPS) is 11.1. The molecule has 0 unspecified atom stereocenters. The lowest BCUT2D eigenvalue weighted by Crippen LogP contribution is -2.05. The number of methoxy groups -OCH3 is 1. The van der Waals surface area contributed by atoms with Gasteiger partial charge in [-0.3, -0.25) is 4.68 Å². The monoisotopic (exact) mass is 337 g/mol. The Morgan fingerprint density at radius 2 is 1.92 bits per heavy atom. The van der Waals surface area contributed by atoms with E-state index in [9.17, 15) is 4.39 Å². The van der Waals surface area contributed by atoms with E-state index in [-0.39, 0.29) is 11.5 Å². The summed E-state index contributed by atoms with van der Waals surface area (Å²) in [5.74, 6) is 0.431. The number of para-hydroxylation sites is 2. The number of fused-ring (bicyclic) bond motifs is 1. The van der Waals surface area contributed by atoms with Crippen molar-refractivity contribution in [2.45, 2.75) is 6.54 Å². The van der Waals surface area contributed by atoms with Gasteiger partial charge in [-0.15, -0.1) is 0 Å². The highest BCUT2D eigenvalue weighted by Gasteiger charge is 2.21. The topological polar surface area (TPSA) is 81.8 Å². The molecule has 0 atom stereocenters. The van der Waals surface area contributed by atoms with E-state index < -0.39 is 5.82 Å². The second-order valence-corrected chi connectivity index (χ2v) is 5.66. The lowest BCUT2D eigenvalue weighted by Gasteiger charge is -2.07. The molecule has 4 rings (SSSR count). The van der Waals surface area contributed by atoms with Crippen LogP contribution in [0.25, 0.3) is 22.6 Å². The van der Waals surface area contributed by atoms with Crippen molar-refractivity contribution in [1.82, 2.24) is 19.7 Å². The van der Waals surface area contributed by atoms with E-state index in [2.05, 4.69) is 15.1 Å². The van der Waals surface area contributed by atoms with Gasteiger partial charge in [0, 0.05) is 0 Å². The van der Waals surface area contributed by atoms with Crippen molar-refractivity contribution in [2.24, 2.45) is 0 Å². The van der Waals surface area contributed by atoms with Crippen molar-refractivity contribution in [2.75, 3.05) is 12.8 Å². The Morgan fingerprint density at radius 3 is 2.64 bits per heavy atom. The zero-order valence-corrected chi connectivity index (χ0v) is 13.5. The molecule has 3 N–H and O–H groups in total. The highest BCUT2D eigenvalue weighted by molar-refractivity contribution is 5.79. The molecule has 0 radical (unpaired) electrons. The van der Waals surface area contributed by atoms with E-state index in [0.717, 1.165) is 22.3 Å². The van der Waals surface area contributed by atoms with E-state index >= 15 is 0 Å². The average Bonchev–Trinajstić information content (AvgIpc) is 3.16. The van der Waals surface area contributed by atoms with Gasteiger partial charge >= 0.3 is 0 Å². The van der Waals surface area contributed by atoms with Crippen LogP contribution in [-0.2, 0) is 6.54 Å². The molecule has 0 saturated carbocycles. The maximum absolute atomic E-state index is 14.6. The average molecular weight is 337 g/mol. The highest BCUT2D eigenvalue weighted by Crippen LogP contribution is 2.27. The number of anilines is 1. The second kappa shape index (κ2) is 5.94. The van der Waals surface area contributed by atoms with Crippen LogP contribution < -0.4 is 10.5 Å². The van der Waals surface area contributed by atoms with Crippen LogP contribution in [-0.4, -0.2) is 26.9 Å². The minimum absolute atomic E-state index is 0.149. The molecule has 4 aromatic rings. The van der Waals surface area contributed by atoms with E-state index in [4.69, 9.17) is 10.5 Å². The summed E-state index contributed by atoms with van der Waals surface area (Å²) >= 11 is 0. The molecule has 126 valence electrons. The Morgan fingerprint density at radius 1 is 1.16 bits per heavy atom. The summed E-state index contributed by atoms with van der Waals surface area (Å²) in [7, 11) is 1.61. The van der Waals surface area contributed by atoms with Gasteiger partial charge in [0.15, 0.2) is 17.5 Å². The van der Waals surface area contributed by atoms with Crippen LogP contribution >= 0.6 is 0 Å². The predicted molar refractivity (Wildman–Crippen MR) is 93.8 cm³/mol. The second-order valence-electron chi connectivity index (χ2n) is 5.66. The van der Waals surface area contributed by atoms with Crippen molar-refractivity contribution in [1.29, 1.82) is 0 Å². The maximum Gasteiger partial charge on any atom is 0.195 e. The summed E-state index contributed by atoms with van der Waals surface area (Å²) < 4.78 is 21.2. The molecule has 0 aliphatic rings. The third kappa shape index (κ3) is 2.69. The van der Waals surface area contributed by atoms with Gasteiger partial charge in [-0.2, -0.15) is 5.10 Å². The molecule has 0 aliphatic heterocycles. The first kappa shape index (κ1) is 15.2. The first-order valence-electron chi connectivity index (χ1n) is 7.75. The third-order valence-electron chi connectivity index (χ3n) is 4.02. The van der Waals surface area contributed by atoms with Crippen LogP contribution in [0, 0.1) is 5.82 Å². The molecule has 2 aromatic heterocycles. The van der Waals surface area contributed by atoms with E-state index in [1.807, 2.05) is 48.5 Å². The number of benzene rings is 2. The van der Waals surface area contributed by atoms with Crippen LogP contribution in [0.1, 0.15) is 5.56 Å². The summed E-state index contributed by atoms with van der Waals surface area (Å²) in [6.07, 6.45) is 0. The number of aromatic amines is 1. The minimum atomic E-state index is -0.576. The summed E-state index contributed by atoms with van der Waals surface area (Å²) in [4.78, 5) is 7.58. The molecule has 0 bridgehead atoms. The number of nitrogens with one attached hydrogen (secondary N) is 1. The van der Waals surface area contributed by atoms with Crippen LogP contribution in [0.4, 0.5) is 10.2 Å². The number of rotatable bonds is 4. The minimum Gasteiger partial charge on any atom is -0.497 e. The number of nitrogens with zero attached hydrogens (tertiary/aromatic N) is 3. The zero-order chi connectivity index (χ0) is 17.4. The molecule has 6 nitrogen and oxygen atoms in total. The van der Waals surface area contributed by atoms with Gasteiger partial charge in [-0.25, -0.2) is 9.37 Å². The van der Waals surface area contributed by atoms with E-state index in [1.54, 1.807) is 7.11 Å². The molecule has 0 aliphatic carbocycles. The predicted octanol–water partition coefficient (Wildman–Crippen LogP) is 3.20. The van der Waals surface area contributed by atoms with E-state index in [0.29, 0.717) is 12.4 Å². The molecule has 0 spiro atoms. The molecular formula is C18H16FN5O. The Labute approximate surface area is 143 Å². The Bertz CT molecular complexity index is 1000. The Balaban J connectivity index is 1.77. The van der Waals surface area contributed by atoms with Gasteiger partial charge in [-0.1, -0.05) is 24.3 Å². The lowest BCUT2D eigenvalue weighted by molar-refractivity contribution is 0.414. The van der Waals surface area contributed by atoms with Crippen molar-refractivity contribution < 1.29 is 9.13 Å². The molecular weight excluding hydrogens is 321 g/mol. The van der Waals surface area contributed by atoms with Gasteiger partial charge < -0.3 is 15.5 Å². The van der Waals surface area contributed by atoms with Crippen LogP contribution in [0.15, 0.2) is 48.5 Å². The Hall–Kier alpha value is -3.35. The van der Waals surface area contributed by atoms with Crippen molar-refractivity contribution >= 4 is 16.9 Å². The molecule has 0 saturated heterocycles. The number of imidazole rings is 1. The fraction of sp³-hybridized carbons (Fsp3) is 0.111. The van der Waals surface area contributed by atoms with Gasteiger partial charge in [0.25, 0.3) is 0 Å². The first-order chi connectivity index (χ1) is 12.2. The SMILES string of the molecule is COc1ccc(Cn2nc(N)c(F)c2-c2nc3ccccc3[nH]2)cc1. The zero-order valence-electron chi connectivity index (χ0n) is 13.5.